The Kier molecular flexibility index (Phi) is 7.22. The standard InChI is InChI=1S/C34H50N2O5/c1-31-17-24-18-32(2,21-31)23-33(19-24,22-31)35-9-12-39-14-15-40-13-11-36-10-8-34-7-6-26(37)16-28(34)41-30-27(38-3)5-4-25(20-36)29(30)34/h4-7,24,26,28,35,37H,8-23H2,1-3H3/t24?,26-,28-,31?,32?,33?,34-/m0/s1. The van der Waals surface area contributed by atoms with Crippen molar-refractivity contribution in [2.75, 3.05) is 53.2 Å². The number of hydrogen-bond acceptors (Lipinski definition) is 7. The minimum Gasteiger partial charge on any atom is -0.493 e. The lowest BCUT2D eigenvalue weighted by Gasteiger charge is -2.65. The lowest BCUT2D eigenvalue weighted by atomic mass is 9.43. The summed E-state index contributed by atoms with van der Waals surface area (Å²) >= 11 is 0. The number of rotatable bonds is 11. The van der Waals surface area contributed by atoms with E-state index in [1.54, 1.807) is 7.11 Å². The van der Waals surface area contributed by atoms with Gasteiger partial charge in [0.15, 0.2) is 11.5 Å². The minimum atomic E-state index is -0.454. The minimum absolute atomic E-state index is 0.0514. The van der Waals surface area contributed by atoms with Gasteiger partial charge in [0.25, 0.3) is 0 Å². The van der Waals surface area contributed by atoms with Gasteiger partial charge in [0.2, 0.25) is 0 Å². The van der Waals surface area contributed by atoms with Gasteiger partial charge in [0, 0.05) is 37.2 Å². The van der Waals surface area contributed by atoms with Crippen LogP contribution in [0.15, 0.2) is 24.3 Å². The molecular formula is C34H50N2O5. The highest BCUT2D eigenvalue weighted by Gasteiger charge is 2.60. The second kappa shape index (κ2) is 10.5. The topological polar surface area (TPSA) is 72.4 Å². The summed E-state index contributed by atoms with van der Waals surface area (Å²) < 4.78 is 24.1. The van der Waals surface area contributed by atoms with Gasteiger partial charge < -0.3 is 29.4 Å². The van der Waals surface area contributed by atoms with E-state index in [4.69, 9.17) is 18.9 Å². The Balaban J connectivity index is 0.853. The molecule has 2 aliphatic heterocycles. The summed E-state index contributed by atoms with van der Waals surface area (Å²) in [5.41, 5.74) is 3.79. The number of nitrogens with zero attached hydrogens (tertiary/aromatic N) is 1. The van der Waals surface area contributed by atoms with Gasteiger partial charge in [-0.3, -0.25) is 4.90 Å². The first kappa shape index (κ1) is 28.1. The fourth-order valence-corrected chi connectivity index (χ4v) is 10.7. The van der Waals surface area contributed by atoms with Crippen LogP contribution in [-0.4, -0.2) is 80.9 Å². The molecule has 0 amide bonds. The van der Waals surface area contributed by atoms with Crippen molar-refractivity contribution in [2.45, 2.75) is 94.9 Å². The number of hydrogen-bond donors (Lipinski definition) is 2. The third-order valence-electron chi connectivity index (χ3n) is 11.3. The molecular weight excluding hydrogens is 516 g/mol. The molecule has 4 fully saturated rings. The maximum Gasteiger partial charge on any atom is 0.166 e. The van der Waals surface area contributed by atoms with Crippen LogP contribution in [0.1, 0.15) is 76.3 Å². The van der Waals surface area contributed by atoms with E-state index in [0.717, 1.165) is 56.6 Å². The van der Waals surface area contributed by atoms with Gasteiger partial charge in [-0.15, -0.1) is 0 Å². The van der Waals surface area contributed by atoms with Gasteiger partial charge in [-0.05, 0) is 79.9 Å². The Morgan fingerprint density at radius 3 is 2.56 bits per heavy atom. The van der Waals surface area contributed by atoms with Crippen molar-refractivity contribution in [1.82, 2.24) is 10.2 Å². The monoisotopic (exact) mass is 566 g/mol. The van der Waals surface area contributed by atoms with E-state index in [1.165, 1.54) is 49.7 Å². The number of aliphatic hydroxyl groups excluding tert-OH is 1. The summed E-state index contributed by atoms with van der Waals surface area (Å²) in [6.07, 6.45) is 13.6. The molecule has 0 aromatic heterocycles. The van der Waals surface area contributed by atoms with E-state index in [2.05, 4.69) is 36.2 Å². The molecule has 5 aliphatic carbocycles. The van der Waals surface area contributed by atoms with Gasteiger partial charge in [-0.25, -0.2) is 0 Å². The zero-order chi connectivity index (χ0) is 28.3. The van der Waals surface area contributed by atoms with E-state index in [0.29, 0.717) is 42.6 Å². The fraction of sp³-hybridized carbons (Fsp3) is 0.765. The van der Waals surface area contributed by atoms with E-state index in [1.807, 2.05) is 12.1 Å². The Morgan fingerprint density at radius 2 is 1.80 bits per heavy atom. The predicted octanol–water partition coefficient (Wildman–Crippen LogP) is 4.59. The van der Waals surface area contributed by atoms with Crippen LogP contribution in [-0.2, 0) is 21.4 Å². The molecule has 4 saturated carbocycles. The van der Waals surface area contributed by atoms with E-state index in [9.17, 15) is 5.11 Å². The molecule has 2 heterocycles. The highest BCUT2D eigenvalue weighted by molar-refractivity contribution is 5.61. The summed E-state index contributed by atoms with van der Waals surface area (Å²) in [7, 11) is 1.70. The number of benzene rings is 1. The highest BCUT2D eigenvalue weighted by atomic mass is 16.5. The summed E-state index contributed by atoms with van der Waals surface area (Å²) in [5.74, 6) is 2.57. The van der Waals surface area contributed by atoms with E-state index < -0.39 is 6.10 Å². The maximum atomic E-state index is 10.3. The molecule has 2 unspecified atom stereocenters. The van der Waals surface area contributed by atoms with Gasteiger partial charge in [-0.1, -0.05) is 32.1 Å². The van der Waals surface area contributed by atoms with Crippen molar-refractivity contribution in [3.63, 3.8) is 0 Å². The van der Waals surface area contributed by atoms with E-state index >= 15 is 0 Å². The second-order valence-electron chi connectivity index (χ2n) is 15.0. The molecule has 7 aliphatic rings. The van der Waals surface area contributed by atoms with Crippen molar-refractivity contribution in [2.24, 2.45) is 16.7 Å². The smallest absolute Gasteiger partial charge is 0.166 e. The number of ether oxygens (including phenoxy) is 4. The zero-order valence-corrected chi connectivity index (χ0v) is 25.4. The molecule has 1 aromatic carbocycles. The zero-order valence-electron chi connectivity index (χ0n) is 25.4. The van der Waals surface area contributed by atoms with Crippen LogP contribution >= 0.6 is 0 Å². The molecule has 0 radical (unpaired) electrons. The van der Waals surface area contributed by atoms with Crippen LogP contribution < -0.4 is 14.8 Å². The summed E-state index contributed by atoms with van der Waals surface area (Å²) in [5, 5.41) is 14.3. The third-order valence-corrected chi connectivity index (χ3v) is 11.3. The molecule has 0 saturated heterocycles. The fourth-order valence-electron chi connectivity index (χ4n) is 10.7. The summed E-state index contributed by atoms with van der Waals surface area (Å²) in [4.78, 5) is 2.49. The van der Waals surface area contributed by atoms with Crippen LogP contribution in [0.3, 0.4) is 0 Å². The first-order valence-electron chi connectivity index (χ1n) is 16.1. The van der Waals surface area contributed by atoms with Crippen molar-refractivity contribution in [3.8, 4) is 11.5 Å². The van der Waals surface area contributed by atoms with Crippen molar-refractivity contribution in [1.29, 1.82) is 0 Å². The second-order valence-corrected chi connectivity index (χ2v) is 15.0. The molecule has 2 N–H and O–H groups in total. The maximum absolute atomic E-state index is 10.3. The van der Waals surface area contributed by atoms with E-state index in [-0.39, 0.29) is 11.5 Å². The average Bonchev–Trinajstić information content (AvgIpc) is 3.14. The van der Waals surface area contributed by atoms with Crippen LogP contribution in [0.2, 0.25) is 0 Å². The molecule has 7 nitrogen and oxygen atoms in total. The summed E-state index contributed by atoms with van der Waals surface area (Å²) in [6, 6.07) is 4.21. The largest absolute Gasteiger partial charge is 0.493 e. The van der Waals surface area contributed by atoms with Crippen molar-refractivity contribution in [3.05, 3.63) is 35.4 Å². The first-order valence-corrected chi connectivity index (χ1v) is 16.1. The molecule has 226 valence electrons. The Morgan fingerprint density at radius 1 is 1.02 bits per heavy atom. The first-order chi connectivity index (χ1) is 19.7. The van der Waals surface area contributed by atoms with Gasteiger partial charge in [0.05, 0.1) is 45.1 Å². The lowest BCUT2D eigenvalue weighted by Crippen LogP contribution is -2.64. The van der Waals surface area contributed by atoms with Crippen molar-refractivity contribution >= 4 is 0 Å². The molecule has 1 spiro atoms. The highest BCUT2D eigenvalue weighted by Crippen LogP contribution is 2.66. The van der Waals surface area contributed by atoms with Crippen LogP contribution in [0.5, 0.6) is 11.5 Å². The number of aliphatic hydroxyl groups is 1. The Bertz CT molecular complexity index is 1150. The van der Waals surface area contributed by atoms with Gasteiger partial charge in [0.1, 0.15) is 6.10 Å². The molecule has 4 bridgehead atoms. The number of nitrogens with one attached hydrogen (secondary N) is 1. The normalized spacial score (nSPS) is 40.2. The van der Waals surface area contributed by atoms with Gasteiger partial charge >= 0.3 is 0 Å². The SMILES string of the molecule is COc1ccc2c3c1O[C@H]1C[C@@H](O)C=C[C@@]31CCN(CCOCCOCCNC13CC4CC(C)(CC(C)(C4)C1)C3)C2. The Hall–Kier alpha value is -1.64. The van der Waals surface area contributed by atoms with Crippen molar-refractivity contribution < 1.29 is 24.1 Å². The lowest BCUT2D eigenvalue weighted by molar-refractivity contribution is -0.118. The molecule has 41 heavy (non-hydrogen) atoms. The third kappa shape index (κ3) is 5.14. The average molecular weight is 567 g/mol. The van der Waals surface area contributed by atoms with Gasteiger partial charge in [-0.2, -0.15) is 0 Å². The van der Waals surface area contributed by atoms with Crippen LogP contribution in [0.4, 0.5) is 0 Å². The molecule has 8 rings (SSSR count). The molecule has 7 heteroatoms. The predicted molar refractivity (Wildman–Crippen MR) is 159 cm³/mol. The Labute approximate surface area is 245 Å². The summed E-state index contributed by atoms with van der Waals surface area (Å²) in [6.45, 7) is 11.5. The van der Waals surface area contributed by atoms with Crippen LogP contribution in [0, 0.1) is 16.7 Å². The molecule has 1 aromatic rings. The van der Waals surface area contributed by atoms with Crippen LogP contribution in [0.25, 0.3) is 0 Å². The molecule has 5 atom stereocenters. The number of methoxy groups -OCH3 is 1. The quantitative estimate of drug-likeness (QED) is 0.300.